The van der Waals surface area contributed by atoms with Crippen molar-refractivity contribution in [3.8, 4) is 11.4 Å². The van der Waals surface area contributed by atoms with Gasteiger partial charge in [0.05, 0.1) is 7.11 Å². The van der Waals surface area contributed by atoms with Crippen molar-refractivity contribution in [3.63, 3.8) is 0 Å². The molecule has 3 aromatic rings. The van der Waals surface area contributed by atoms with Gasteiger partial charge in [0, 0.05) is 16.3 Å². The first-order valence-corrected chi connectivity index (χ1v) is 7.10. The van der Waals surface area contributed by atoms with Crippen LogP contribution in [-0.2, 0) is 4.74 Å². The number of halogens is 1. The van der Waals surface area contributed by atoms with Crippen LogP contribution in [0.5, 0.6) is 0 Å². The predicted octanol–water partition coefficient (Wildman–Crippen LogP) is 3.45. The molecule has 0 amide bonds. The van der Waals surface area contributed by atoms with Crippen LogP contribution in [0.15, 0.2) is 30.3 Å². The van der Waals surface area contributed by atoms with E-state index in [4.69, 9.17) is 16.3 Å². The average Bonchev–Trinajstić information content (AvgIpc) is 2.92. The number of esters is 1. The summed E-state index contributed by atoms with van der Waals surface area (Å²) in [7, 11) is 1.35. The van der Waals surface area contributed by atoms with Crippen LogP contribution in [0.3, 0.4) is 0 Å². The largest absolute Gasteiger partial charge is 0.465 e. The Morgan fingerprint density at radius 3 is 2.73 bits per heavy atom. The number of hydrogen-bond acceptors (Lipinski definition) is 4. The van der Waals surface area contributed by atoms with E-state index in [1.807, 2.05) is 32.0 Å². The van der Waals surface area contributed by atoms with Gasteiger partial charge in [-0.1, -0.05) is 23.7 Å². The Balaban J connectivity index is 2.29. The third kappa shape index (κ3) is 2.33. The van der Waals surface area contributed by atoms with E-state index in [9.17, 15) is 4.79 Å². The highest BCUT2D eigenvalue weighted by atomic mass is 35.5. The van der Waals surface area contributed by atoms with Gasteiger partial charge >= 0.3 is 5.97 Å². The molecule has 0 fully saturated rings. The molecule has 0 bridgehead atoms. The Morgan fingerprint density at radius 2 is 2.05 bits per heavy atom. The molecule has 22 heavy (non-hydrogen) atoms. The van der Waals surface area contributed by atoms with Crippen molar-refractivity contribution in [1.82, 2.24) is 14.6 Å². The van der Waals surface area contributed by atoms with Crippen molar-refractivity contribution in [1.29, 1.82) is 0 Å². The fourth-order valence-electron chi connectivity index (χ4n) is 2.45. The molecule has 1 aromatic carbocycles. The fourth-order valence-corrected chi connectivity index (χ4v) is 2.64. The van der Waals surface area contributed by atoms with Gasteiger partial charge in [-0.05, 0) is 37.6 Å². The number of nitrogens with zero attached hydrogens (tertiary/aromatic N) is 3. The van der Waals surface area contributed by atoms with Crippen molar-refractivity contribution < 1.29 is 9.53 Å². The maximum Gasteiger partial charge on any atom is 0.341 e. The molecule has 5 nitrogen and oxygen atoms in total. The lowest BCUT2D eigenvalue weighted by Crippen LogP contribution is -2.09. The molecule has 0 aliphatic rings. The van der Waals surface area contributed by atoms with E-state index in [0.717, 1.165) is 16.8 Å². The maximum absolute atomic E-state index is 12.0. The third-order valence-corrected chi connectivity index (χ3v) is 3.69. The molecule has 112 valence electrons. The van der Waals surface area contributed by atoms with Gasteiger partial charge in [-0.3, -0.25) is 0 Å². The van der Waals surface area contributed by atoms with E-state index in [1.165, 1.54) is 7.11 Å². The normalized spacial score (nSPS) is 10.9. The molecule has 2 aromatic heterocycles. The van der Waals surface area contributed by atoms with E-state index in [-0.39, 0.29) is 0 Å². The van der Waals surface area contributed by atoms with Gasteiger partial charge in [-0.2, -0.15) is 0 Å². The molecule has 0 atom stereocenters. The molecular formula is C16H14ClN3O2. The number of aromatic nitrogens is 3. The van der Waals surface area contributed by atoms with E-state index in [2.05, 4.69) is 10.1 Å². The fraction of sp³-hybridized carbons (Fsp3) is 0.188. The van der Waals surface area contributed by atoms with Crippen molar-refractivity contribution in [2.45, 2.75) is 13.8 Å². The molecule has 0 aliphatic carbocycles. The number of rotatable bonds is 2. The van der Waals surface area contributed by atoms with E-state index in [0.29, 0.717) is 22.1 Å². The summed E-state index contributed by atoms with van der Waals surface area (Å²) in [5.41, 5.74) is 3.40. The van der Waals surface area contributed by atoms with Crippen LogP contribution in [-0.4, -0.2) is 27.7 Å². The number of methoxy groups -OCH3 is 1. The van der Waals surface area contributed by atoms with E-state index in [1.54, 1.807) is 16.6 Å². The molecule has 3 rings (SSSR count). The average molecular weight is 316 g/mol. The van der Waals surface area contributed by atoms with Gasteiger partial charge in [0.25, 0.3) is 0 Å². The molecule has 6 heteroatoms. The van der Waals surface area contributed by atoms with Gasteiger partial charge in [-0.25, -0.2) is 14.3 Å². The standard InChI is InChI=1S/C16H14ClN3O2/c1-9-7-10(2)20-15(13(9)16(21)22-3)18-14(19-20)11-5-4-6-12(17)8-11/h4-8H,1-3H3. The molecule has 0 saturated carbocycles. The number of fused-ring (bicyclic) bond motifs is 1. The van der Waals surface area contributed by atoms with Crippen LogP contribution in [0.4, 0.5) is 0 Å². The molecule has 0 radical (unpaired) electrons. The Kier molecular flexibility index (Phi) is 3.58. The minimum Gasteiger partial charge on any atom is -0.465 e. The van der Waals surface area contributed by atoms with Crippen molar-refractivity contribution in [3.05, 3.63) is 52.2 Å². The zero-order valence-electron chi connectivity index (χ0n) is 12.4. The molecule has 0 unspecified atom stereocenters. The van der Waals surface area contributed by atoms with Crippen LogP contribution in [0.2, 0.25) is 5.02 Å². The highest BCUT2D eigenvalue weighted by molar-refractivity contribution is 6.30. The van der Waals surface area contributed by atoms with Crippen LogP contribution in [0, 0.1) is 13.8 Å². The lowest BCUT2D eigenvalue weighted by atomic mass is 10.1. The third-order valence-electron chi connectivity index (χ3n) is 3.46. The second kappa shape index (κ2) is 5.42. The Bertz CT molecular complexity index is 886. The summed E-state index contributed by atoms with van der Waals surface area (Å²) in [5.74, 6) is 0.0916. The second-order valence-corrected chi connectivity index (χ2v) is 5.45. The summed E-state index contributed by atoms with van der Waals surface area (Å²) in [4.78, 5) is 16.5. The summed E-state index contributed by atoms with van der Waals surface area (Å²) >= 11 is 6.02. The first-order chi connectivity index (χ1) is 10.5. The van der Waals surface area contributed by atoms with Gasteiger partial charge in [0.1, 0.15) is 5.56 Å². The van der Waals surface area contributed by atoms with Gasteiger partial charge in [0.15, 0.2) is 11.5 Å². The van der Waals surface area contributed by atoms with Crippen LogP contribution in [0.1, 0.15) is 21.6 Å². The molecular weight excluding hydrogens is 302 g/mol. The molecule has 0 aliphatic heterocycles. The van der Waals surface area contributed by atoms with Crippen LogP contribution >= 0.6 is 11.6 Å². The number of carbonyl (C=O) groups excluding carboxylic acids is 1. The second-order valence-electron chi connectivity index (χ2n) is 5.02. The molecule has 0 N–H and O–H groups in total. The summed E-state index contributed by atoms with van der Waals surface area (Å²) in [6, 6.07) is 9.17. The minimum atomic E-state index is -0.424. The Hall–Kier alpha value is -2.40. The highest BCUT2D eigenvalue weighted by Crippen LogP contribution is 2.24. The van der Waals surface area contributed by atoms with E-state index < -0.39 is 5.97 Å². The van der Waals surface area contributed by atoms with Gasteiger partial charge < -0.3 is 4.74 Å². The maximum atomic E-state index is 12.0. The minimum absolute atomic E-state index is 0.424. The Morgan fingerprint density at radius 1 is 1.27 bits per heavy atom. The van der Waals surface area contributed by atoms with E-state index >= 15 is 0 Å². The van der Waals surface area contributed by atoms with Gasteiger partial charge in [0.2, 0.25) is 0 Å². The number of ether oxygens (including phenoxy) is 1. The lowest BCUT2D eigenvalue weighted by Gasteiger charge is -2.06. The summed E-state index contributed by atoms with van der Waals surface area (Å²) in [6.45, 7) is 3.77. The number of carbonyl (C=O) groups is 1. The van der Waals surface area contributed by atoms with Crippen LogP contribution < -0.4 is 0 Å². The quantitative estimate of drug-likeness (QED) is 0.680. The number of pyridine rings is 1. The van der Waals surface area contributed by atoms with Crippen molar-refractivity contribution in [2.24, 2.45) is 0 Å². The molecule has 0 saturated heterocycles. The highest BCUT2D eigenvalue weighted by Gasteiger charge is 2.19. The number of benzene rings is 1. The zero-order valence-corrected chi connectivity index (χ0v) is 13.2. The summed E-state index contributed by atoms with van der Waals surface area (Å²) in [5, 5.41) is 5.09. The van der Waals surface area contributed by atoms with Crippen molar-refractivity contribution >= 4 is 23.2 Å². The smallest absolute Gasteiger partial charge is 0.341 e. The first-order valence-electron chi connectivity index (χ1n) is 6.72. The lowest BCUT2D eigenvalue weighted by molar-refractivity contribution is 0.0601. The monoisotopic (exact) mass is 315 g/mol. The molecule has 2 heterocycles. The summed E-state index contributed by atoms with van der Waals surface area (Å²) < 4.78 is 6.51. The number of aryl methyl sites for hydroxylation is 2. The topological polar surface area (TPSA) is 56.5 Å². The molecule has 0 spiro atoms. The van der Waals surface area contributed by atoms with Crippen LogP contribution in [0.25, 0.3) is 17.0 Å². The first kappa shape index (κ1) is 14.5. The zero-order chi connectivity index (χ0) is 15.9. The SMILES string of the molecule is COC(=O)c1c(C)cc(C)n2nc(-c3cccc(Cl)c3)nc12. The Labute approximate surface area is 132 Å². The predicted molar refractivity (Wildman–Crippen MR) is 84.2 cm³/mol. The van der Waals surface area contributed by atoms with Gasteiger partial charge in [-0.15, -0.1) is 5.10 Å². The summed E-state index contributed by atoms with van der Waals surface area (Å²) in [6.07, 6.45) is 0. The number of hydrogen-bond donors (Lipinski definition) is 0. The van der Waals surface area contributed by atoms with Crippen molar-refractivity contribution in [2.75, 3.05) is 7.11 Å².